The van der Waals surface area contributed by atoms with Crippen molar-refractivity contribution in [3.05, 3.63) is 33.8 Å². The van der Waals surface area contributed by atoms with Crippen LogP contribution in [0.15, 0.2) is 18.2 Å². The van der Waals surface area contributed by atoms with Crippen molar-refractivity contribution >= 4 is 39.1 Å². The average Bonchev–Trinajstić information content (AvgIpc) is 2.93. The van der Waals surface area contributed by atoms with Crippen LogP contribution in [0.25, 0.3) is 0 Å². The molecule has 3 rings (SSSR count). The number of halogens is 2. The Balaban J connectivity index is 1.68. The smallest absolute Gasteiger partial charge is 0.227 e. The Hall–Kier alpha value is -0.820. The van der Waals surface area contributed by atoms with Crippen molar-refractivity contribution in [2.45, 2.75) is 44.3 Å². The summed E-state index contributed by atoms with van der Waals surface area (Å²) in [5, 5.41) is 0.822. The predicted molar refractivity (Wildman–Crippen MR) is 108 cm³/mol. The molecule has 0 bridgehead atoms. The summed E-state index contributed by atoms with van der Waals surface area (Å²) < 4.78 is 27.3. The average molecular weight is 433 g/mol. The molecule has 0 aliphatic carbocycles. The molecular weight excluding hydrogens is 407 g/mol. The van der Waals surface area contributed by atoms with Crippen LogP contribution in [0.3, 0.4) is 0 Å². The third-order valence-electron chi connectivity index (χ3n) is 5.40. The molecule has 2 heterocycles. The van der Waals surface area contributed by atoms with Crippen molar-refractivity contribution < 1.29 is 13.2 Å². The summed E-state index contributed by atoms with van der Waals surface area (Å²) in [4.78, 5) is 14.8. The van der Waals surface area contributed by atoms with Gasteiger partial charge in [-0.3, -0.25) is 4.79 Å². The van der Waals surface area contributed by atoms with E-state index in [-0.39, 0.29) is 24.1 Å². The normalized spacial score (nSPS) is 22.4. The van der Waals surface area contributed by atoms with Crippen molar-refractivity contribution in [2.24, 2.45) is 5.92 Å². The Labute approximate surface area is 171 Å². The molecule has 1 aromatic carbocycles. The van der Waals surface area contributed by atoms with Crippen LogP contribution in [0.5, 0.6) is 0 Å². The zero-order chi connectivity index (χ0) is 19.4. The number of nitrogens with zero attached hydrogens (tertiary/aromatic N) is 2. The summed E-state index contributed by atoms with van der Waals surface area (Å²) in [6.45, 7) is 2.31. The number of sulfonamides is 1. The Kier molecular flexibility index (Phi) is 7.06. The lowest BCUT2D eigenvalue weighted by atomic mass is 9.98. The maximum Gasteiger partial charge on any atom is 0.227 e. The van der Waals surface area contributed by atoms with E-state index in [4.69, 9.17) is 23.2 Å². The van der Waals surface area contributed by atoms with Crippen molar-refractivity contribution in [1.82, 2.24) is 9.21 Å². The van der Waals surface area contributed by atoms with Gasteiger partial charge in [0.1, 0.15) is 0 Å². The van der Waals surface area contributed by atoms with Crippen LogP contribution in [-0.2, 0) is 20.6 Å². The zero-order valence-corrected chi connectivity index (χ0v) is 17.7. The molecule has 1 amide bonds. The van der Waals surface area contributed by atoms with E-state index in [2.05, 4.69) is 0 Å². The number of rotatable bonds is 4. The van der Waals surface area contributed by atoms with Crippen molar-refractivity contribution in [3.8, 4) is 0 Å². The van der Waals surface area contributed by atoms with Crippen molar-refractivity contribution in [2.75, 3.05) is 26.2 Å². The maximum atomic E-state index is 12.9. The molecule has 8 heteroatoms. The van der Waals surface area contributed by atoms with E-state index in [9.17, 15) is 13.2 Å². The van der Waals surface area contributed by atoms with E-state index in [1.807, 2.05) is 4.90 Å². The molecule has 0 unspecified atom stereocenters. The van der Waals surface area contributed by atoms with Gasteiger partial charge >= 0.3 is 0 Å². The number of hydrogen-bond acceptors (Lipinski definition) is 3. The molecule has 2 aliphatic rings. The molecule has 0 aromatic heterocycles. The molecule has 5 nitrogen and oxygen atoms in total. The first-order valence-corrected chi connectivity index (χ1v) is 11.9. The SMILES string of the molecule is O=C([C@H]1CCCN(S(=O)(=O)Cc2ccc(Cl)cc2Cl)C1)N1CCCCCC1. The van der Waals surface area contributed by atoms with Gasteiger partial charge in [-0.2, -0.15) is 0 Å². The van der Waals surface area contributed by atoms with Crippen LogP contribution in [0.2, 0.25) is 10.0 Å². The van der Waals surface area contributed by atoms with Crippen LogP contribution in [-0.4, -0.2) is 49.7 Å². The molecule has 0 spiro atoms. The van der Waals surface area contributed by atoms with Gasteiger partial charge in [0.05, 0.1) is 11.7 Å². The highest BCUT2D eigenvalue weighted by molar-refractivity contribution is 7.88. The fourth-order valence-electron chi connectivity index (χ4n) is 3.87. The first-order chi connectivity index (χ1) is 12.9. The first-order valence-electron chi connectivity index (χ1n) is 9.57. The summed E-state index contributed by atoms with van der Waals surface area (Å²) in [6, 6.07) is 4.84. The van der Waals surface area contributed by atoms with Crippen LogP contribution in [0, 0.1) is 5.92 Å². The van der Waals surface area contributed by atoms with Gasteiger partial charge < -0.3 is 4.90 Å². The van der Waals surface area contributed by atoms with Crippen LogP contribution < -0.4 is 0 Å². The quantitative estimate of drug-likeness (QED) is 0.723. The highest BCUT2D eigenvalue weighted by atomic mass is 35.5. The number of benzene rings is 1. The Bertz CT molecular complexity index is 777. The van der Waals surface area contributed by atoms with Crippen LogP contribution in [0.4, 0.5) is 0 Å². The fourth-order valence-corrected chi connectivity index (χ4v) is 6.07. The second kappa shape index (κ2) is 9.12. The molecule has 0 N–H and O–H groups in total. The van der Waals surface area contributed by atoms with E-state index < -0.39 is 10.0 Å². The molecule has 0 radical (unpaired) electrons. The lowest BCUT2D eigenvalue weighted by Gasteiger charge is -2.34. The van der Waals surface area contributed by atoms with Gasteiger partial charge in [0.2, 0.25) is 15.9 Å². The lowest BCUT2D eigenvalue weighted by molar-refractivity contribution is -0.136. The molecule has 0 saturated carbocycles. The Morgan fingerprint density at radius 2 is 1.74 bits per heavy atom. The summed E-state index contributed by atoms with van der Waals surface area (Å²) in [6.07, 6.45) is 5.86. The van der Waals surface area contributed by atoms with Gasteiger partial charge in [-0.05, 0) is 43.4 Å². The first kappa shape index (κ1) is 20.9. The summed E-state index contributed by atoms with van der Waals surface area (Å²) in [5.41, 5.74) is 0.530. The summed E-state index contributed by atoms with van der Waals surface area (Å²) >= 11 is 12.0. The number of piperidine rings is 1. The topological polar surface area (TPSA) is 57.7 Å². The van der Waals surface area contributed by atoms with E-state index in [0.29, 0.717) is 28.6 Å². The molecule has 2 saturated heterocycles. The number of amides is 1. The lowest BCUT2D eigenvalue weighted by Crippen LogP contribution is -2.47. The number of hydrogen-bond donors (Lipinski definition) is 0. The maximum absolute atomic E-state index is 12.9. The third kappa shape index (κ3) is 5.37. The summed E-state index contributed by atoms with van der Waals surface area (Å²) in [5.74, 6) is -0.304. The highest BCUT2D eigenvalue weighted by Crippen LogP contribution is 2.27. The van der Waals surface area contributed by atoms with E-state index in [1.165, 1.54) is 4.31 Å². The Morgan fingerprint density at radius 1 is 1.04 bits per heavy atom. The minimum Gasteiger partial charge on any atom is -0.342 e. The van der Waals surface area contributed by atoms with E-state index in [0.717, 1.165) is 45.2 Å². The highest BCUT2D eigenvalue weighted by Gasteiger charge is 2.34. The monoisotopic (exact) mass is 432 g/mol. The van der Waals surface area contributed by atoms with Gasteiger partial charge in [-0.1, -0.05) is 42.1 Å². The minimum absolute atomic E-state index is 0.112. The van der Waals surface area contributed by atoms with Crippen molar-refractivity contribution in [1.29, 1.82) is 0 Å². The zero-order valence-electron chi connectivity index (χ0n) is 15.4. The van der Waals surface area contributed by atoms with E-state index >= 15 is 0 Å². The molecule has 150 valence electrons. The van der Waals surface area contributed by atoms with Crippen molar-refractivity contribution in [3.63, 3.8) is 0 Å². The molecule has 1 atom stereocenters. The molecule has 2 fully saturated rings. The predicted octanol–water partition coefficient (Wildman–Crippen LogP) is 3.94. The fraction of sp³-hybridized carbons (Fsp3) is 0.632. The Morgan fingerprint density at radius 3 is 2.41 bits per heavy atom. The molecule has 1 aromatic rings. The van der Waals surface area contributed by atoms with Gasteiger partial charge in [0, 0.05) is 36.2 Å². The van der Waals surface area contributed by atoms with Crippen LogP contribution >= 0.6 is 23.2 Å². The van der Waals surface area contributed by atoms with Gasteiger partial charge in [0.15, 0.2) is 0 Å². The molecular formula is C19H26Cl2N2O3S. The number of carbonyl (C=O) groups excluding carboxylic acids is 1. The van der Waals surface area contributed by atoms with Gasteiger partial charge in [-0.15, -0.1) is 0 Å². The second-order valence-electron chi connectivity index (χ2n) is 7.43. The summed E-state index contributed by atoms with van der Waals surface area (Å²) in [7, 11) is -3.54. The molecule has 27 heavy (non-hydrogen) atoms. The number of carbonyl (C=O) groups is 1. The second-order valence-corrected chi connectivity index (χ2v) is 10.2. The minimum atomic E-state index is -3.54. The largest absolute Gasteiger partial charge is 0.342 e. The standard InChI is InChI=1S/C19H26Cl2N2O3S/c20-17-8-7-16(18(21)12-17)14-27(25,26)23-11-5-6-15(13-23)19(24)22-9-3-1-2-4-10-22/h7-8,12,15H,1-6,9-11,13-14H2/t15-/m0/s1. The van der Waals surface area contributed by atoms with Crippen LogP contribution in [0.1, 0.15) is 44.1 Å². The molecule has 2 aliphatic heterocycles. The number of likely N-dealkylation sites (tertiary alicyclic amines) is 1. The van der Waals surface area contributed by atoms with Gasteiger partial charge in [0.25, 0.3) is 0 Å². The third-order valence-corrected chi connectivity index (χ3v) is 7.78. The van der Waals surface area contributed by atoms with E-state index in [1.54, 1.807) is 18.2 Å². The van der Waals surface area contributed by atoms with Gasteiger partial charge in [-0.25, -0.2) is 12.7 Å².